The van der Waals surface area contributed by atoms with E-state index in [9.17, 15) is 4.79 Å². The molecule has 0 aliphatic rings. The summed E-state index contributed by atoms with van der Waals surface area (Å²) in [6.45, 7) is 9.93. The summed E-state index contributed by atoms with van der Waals surface area (Å²) in [6, 6.07) is 8.27. The molecule has 0 saturated carbocycles. The number of nitrogens with zero attached hydrogens (tertiary/aromatic N) is 3. The van der Waals surface area contributed by atoms with Gasteiger partial charge in [0.2, 0.25) is 4.80 Å². The van der Waals surface area contributed by atoms with Crippen LogP contribution in [0.2, 0.25) is 0 Å². The first kappa shape index (κ1) is 15.6. The minimum absolute atomic E-state index is 0.107. The van der Waals surface area contributed by atoms with Crippen LogP contribution < -0.4 is 4.80 Å². The first-order chi connectivity index (χ1) is 9.88. The summed E-state index contributed by atoms with van der Waals surface area (Å²) in [5, 5.41) is 0. The second kappa shape index (κ2) is 6.35. The maximum absolute atomic E-state index is 11.8. The van der Waals surface area contributed by atoms with Crippen LogP contribution in [-0.4, -0.2) is 14.8 Å². The van der Waals surface area contributed by atoms with E-state index in [-0.39, 0.29) is 17.7 Å². The first-order valence-electron chi connectivity index (χ1n) is 7.14. The van der Waals surface area contributed by atoms with Gasteiger partial charge in [0.15, 0.2) is 0 Å². The van der Waals surface area contributed by atoms with Crippen LogP contribution >= 0.6 is 11.5 Å². The molecule has 0 bridgehead atoms. The summed E-state index contributed by atoms with van der Waals surface area (Å²) in [7, 11) is 0. The molecule has 1 heterocycles. The summed E-state index contributed by atoms with van der Waals surface area (Å²) in [5.74, 6) is 0.958. The Hall–Kier alpha value is -1.75. The molecule has 1 aromatic heterocycles. The van der Waals surface area contributed by atoms with E-state index in [1.807, 2.05) is 13.8 Å². The van der Waals surface area contributed by atoms with Gasteiger partial charge in [-0.2, -0.15) is 4.99 Å². The maximum atomic E-state index is 11.8. The van der Waals surface area contributed by atoms with Gasteiger partial charge in [-0.05, 0) is 30.6 Å². The highest BCUT2D eigenvalue weighted by atomic mass is 32.1. The Morgan fingerprint density at radius 3 is 2.33 bits per heavy atom. The Kier molecular flexibility index (Phi) is 4.73. The van der Waals surface area contributed by atoms with Crippen molar-refractivity contribution in [1.29, 1.82) is 0 Å². The van der Waals surface area contributed by atoms with Crippen LogP contribution in [0.3, 0.4) is 0 Å². The fourth-order valence-electron chi connectivity index (χ4n) is 1.79. The molecule has 0 atom stereocenters. The van der Waals surface area contributed by atoms with Crippen molar-refractivity contribution in [3.63, 3.8) is 0 Å². The quantitative estimate of drug-likeness (QED) is 0.872. The van der Waals surface area contributed by atoms with Gasteiger partial charge in [-0.25, -0.2) is 8.94 Å². The molecule has 1 amide bonds. The molecule has 0 aliphatic carbocycles. The Morgan fingerprint density at radius 1 is 1.19 bits per heavy atom. The van der Waals surface area contributed by atoms with Gasteiger partial charge in [0, 0.05) is 11.8 Å². The Labute approximate surface area is 129 Å². The minimum Gasteiger partial charge on any atom is -0.272 e. The van der Waals surface area contributed by atoms with Gasteiger partial charge < -0.3 is 0 Å². The van der Waals surface area contributed by atoms with Crippen LogP contribution in [0.5, 0.6) is 0 Å². The van der Waals surface area contributed by atoms with E-state index in [2.05, 4.69) is 59.0 Å². The van der Waals surface area contributed by atoms with Crippen LogP contribution in [0.4, 0.5) is 0 Å². The van der Waals surface area contributed by atoms with Gasteiger partial charge in [0.1, 0.15) is 5.82 Å². The molecule has 4 nitrogen and oxygen atoms in total. The molecule has 1 aromatic carbocycles. The van der Waals surface area contributed by atoms with E-state index in [0.29, 0.717) is 4.80 Å². The van der Waals surface area contributed by atoms with Gasteiger partial charge in [-0.1, -0.05) is 45.4 Å². The zero-order chi connectivity index (χ0) is 15.6. The van der Waals surface area contributed by atoms with Crippen molar-refractivity contribution in [1.82, 2.24) is 8.94 Å². The third kappa shape index (κ3) is 3.67. The SMILES string of the molecule is Cc1ccc(-n2sc(=NC(=O)C(C)C)nc2C(C)C)cc1. The van der Waals surface area contributed by atoms with E-state index >= 15 is 0 Å². The van der Waals surface area contributed by atoms with Gasteiger partial charge in [-0.3, -0.25) is 4.79 Å². The number of aromatic nitrogens is 2. The fourth-order valence-corrected chi connectivity index (χ4v) is 2.79. The molecule has 0 radical (unpaired) electrons. The van der Waals surface area contributed by atoms with E-state index < -0.39 is 0 Å². The highest BCUT2D eigenvalue weighted by molar-refractivity contribution is 7.04. The second-order valence-electron chi connectivity index (χ2n) is 5.73. The largest absolute Gasteiger partial charge is 0.272 e. The second-order valence-corrected chi connectivity index (χ2v) is 6.65. The summed E-state index contributed by atoms with van der Waals surface area (Å²) >= 11 is 1.41. The summed E-state index contributed by atoms with van der Waals surface area (Å²) in [4.78, 5) is 20.9. The predicted molar refractivity (Wildman–Crippen MR) is 85.7 cm³/mol. The average molecular weight is 303 g/mol. The molecule has 0 spiro atoms. The van der Waals surface area contributed by atoms with E-state index in [1.165, 1.54) is 17.1 Å². The topological polar surface area (TPSA) is 47.2 Å². The van der Waals surface area contributed by atoms with Crippen molar-refractivity contribution in [3.05, 3.63) is 40.5 Å². The molecule has 0 unspecified atom stereocenters. The van der Waals surface area contributed by atoms with Crippen molar-refractivity contribution in [3.8, 4) is 5.69 Å². The molecule has 21 heavy (non-hydrogen) atoms. The van der Waals surface area contributed by atoms with Gasteiger partial charge in [0.25, 0.3) is 5.91 Å². The smallest absolute Gasteiger partial charge is 0.250 e. The lowest BCUT2D eigenvalue weighted by atomic mass is 10.2. The van der Waals surface area contributed by atoms with Gasteiger partial charge in [0.05, 0.1) is 5.69 Å². The number of hydrogen-bond acceptors (Lipinski definition) is 3. The van der Waals surface area contributed by atoms with Crippen LogP contribution in [0.25, 0.3) is 5.69 Å². The maximum Gasteiger partial charge on any atom is 0.250 e. The zero-order valence-electron chi connectivity index (χ0n) is 13.1. The minimum atomic E-state index is -0.130. The van der Waals surface area contributed by atoms with Crippen molar-refractivity contribution in [2.45, 2.75) is 40.5 Å². The number of benzene rings is 1. The van der Waals surface area contributed by atoms with Crippen molar-refractivity contribution in [2.24, 2.45) is 10.9 Å². The zero-order valence-corrected chi connectivity index (χ0v) is 13.9. The van der Waals surface area contributed by atoms with Crippen LogP contribution in [0, 0.1) is 12.8 Å². The monoisotopic (exact) mass is 303 g/mol. The standard InChI is InChI=1S/C16H21N3OS/c1-10(2)14-17-16(18-15(20)11(3)4)21-19(14)13-8-6-12(5)7-9-13/h6-11H,1-5H3. The highest BCUT2D eigenvalue weighted by Gasteiger charge is 2.13. The summed E-state index contributed by atoms with van der Waals surface area (Å²) < 4.78 is 2.05. The molecule has 5 heteroatoms. The lowest BCUT2D eigenvalue weighted by molar-refractivity contribution is -0.120. The summed E-state index contributed by atoms with van der Waals surface area (Å²) in [6.07, 6.45) is 0. The highest BCUT2D eigenvalue weighted by Crippen LogP contribution is 2.19. The van der Waals surface area contributed by atoms with E-state index in [4.69, 9.17) is 0 Å². The molecule has 0 fully saturated rings. The fraction of sp³-hybridized carbons (Fsp3) is 0.438. The van der Waals surface area contributed by atoms with Crippen molar-refractivity contribution >= 4 is 17.4 Å². The van der Waals surface area contributed by atoms with Gasteiger partial charge >= 0.3 is 0 Å². The normalized spacial score (nSPS) is 12.4. The molecular formula is C16H21N3OS. The lowest BCUT2D eigenvalue weighted by Crippen LogP contribution is -2.10. The van der Waals surface area contributed by atoms with E-state index in [1.54, 1.807) is 0 Å². The lowest BCUT2D eigenvalue weighted by Gasteiger charge is -2.08. The number of carbonyl (C=O) groups excluding carboxylic acids is 1. The van der Waals surface area contributed by atoms with Crippen molar-refractivity contribution < 1.29 is 4.79 Å². The average Bonchev–Trinajstić information content (AvgIpc) is 2.83. The molecule has 112 valence electrons. The first-order valence-corrected chi connectivity index (χ1v) is 7.91. The third-order valence-electron chi connectivity index (χ3n) is 3.08. The predicted octanol–water partition coefficient (Wildman–Crippen LogP) is 3.45. The number of hydrogen-bond donors (Lipinski definition) is 0. The molecule has 2 rings (SSSR count). The van der Waals surface area contributed by atoms with Crippen LogP contribution in [0.15, 0.2) is 29.3 Å². The Bertz CT molecular complexity index is 693. The molecule has 0 N–H and O–H groups in total. The Balaban J connectivity index is 2.53. The number of carbonyl (C=O) groups is 1. The van der Waals surface area contributed by atoms with E-state index in [0.717, 1.165) is 11.5 Å². The molecule has 2 aromatic rings. The number of rotatable bonds is 3. The summed E-state index contributed by atoms with van der Waals surface area (Å²) in [5.41, 5.74) is 2.27. The van der Waals surface area contributed by atoms with Crippen LogP contribution in [0.1, 0.15) is 45.0 Å². The van der Waals surface area contributed by atoms with Gasteiger partial charge in [-0.15, -0.1) is 0 Å². The Morgan fingerprint density at radius 2 is 1.81 bits per heavy atom. The third-order valence-corrected chi connectivity index (χ3v) is 4.00. The number of aryl methyl sites for hydroxylation is 1. The molecular weight excluding hydrogens is 282 g/mol. The van der Waals surface area contributed by atoms with Crippen molar-refractivity contribution in [2.75, 3.05) is 0 Å². The number of amides is 1. The van der Waals surface area contributed by atoms with Crippen LogP contribution in [-0.2, 0) is 4.79 Å². The molecule has 0 saturated heterocycles. The molecule has 0 aliphatic heterocycles.